The molecule has 3 aromatic carbocycles. The molecular formula is C24H19FN2O6S. The summed E-state index contributed by atoms with van der Waals surface area (Å²) in [5, 5.41) is 5.28. The maximum absolute atomic E-state index is 13.0. The molecule has 1 aliphatic heterocycles. The van der Waals surface area contributed by atoms with Crippen LogP contribution in [0, 0.1) is 5.82 Å². The molecule has 0 spiro atoms. The minimum atomic E-state index is -0.692. The Hall–Kier alpha value is -4.05. The van der Waals surface area contributed by atoms with E-state index in [1.807, 2.05) is 0 Å². The van der Waals surface area contributed by atoms with Crippen LogP contribution in [-0.2, 0) is 14.3 Å². The van der Waals surface area contributed by atoms with Crippen molar-refractivity contribution in [3.8, 4) is 11.5 Å². The molecule has 0 bridgehead atoms. The van der Waals surface area contributed by atoms with Gasteiger partial charge in [0, 0.05) is 22.3 Å². The number of carbonyl (C=O) groups excluding carboxylic acids is 3. The molecule has 1 heterocycles. The molecule has 0 saturated heterocycles. The number of hydrogen-bond donors (Lipinski definition) is 2. The summed E-state index contributed by atoms with van der Waals surface area (Å²) < 4.78 is 28.6. The number of benzene rings is 3. The van der Waals surface area contributed by atoms with Gasteiger partial charge in [-0.15, -0.1) is 11.8 Å². The molecule has 174 valence electrons. The normalized spacial score (nSPS) is 11.6. The lowest BCUT2D eigenvalue weighted by molar-refractivity contribution is -0.119. The number of thioether (sulfide) groups is 1. The Balaban J connectivity index is 1.29. The Labute approximate surface area is 198 Å². The van der Waals surface area contributed by atoms with Crippen LogP contribution in [0.4, 0.5) is 15.8 Å². The van der Waals surface area contributed by atoms with E-state index < -0.39 is 24.3 Å². The number of fused-ring (bicyclic) bond motifs is 1. The maximum atomic E-state index is 13.0. The Morgan fingerprint density at radius 1 is 0.882 bits per heavy atom. The van der Waals surface area contributed by atoms with Crippen molar-refractivity contribution < 1.29 is 33.0 Å². The summed E-state index contributed by atoms with van der Waals surface area (Å²) in [5.74, 6) is -0.799. The van der Waals surface area contributed by atoms with Crippen molar-refractivity contribution in [2.75, 3.05) is 29.8 Å². The quantitative estimate of drug-likeness (QED) is 0.368. The van der Waals surface area contributed by atoms with Crippen LogP contribution in [0.15, 0.2) is 71.6 Å². The molecule has 0 radical (unpaired) electrons. The van der Waals surface area contributed by atoms with Crippen molar-refractivity contribution >= 4 is 40.9 Å². The van der Waals surface area contributed by atoms with Gasteiger partial charge in [-0.2, -0.15) is 0 Å². The summed E-state index contributed by atoms with van der Waals surface area (Å²) in [6.45, 7) is -0.368. The van der Waals surface area contributed by atoms with E-state index >= 15 is 0 Å². The van der Waals surface area contributed by atoms with Crippen molar-refractivity contribution in [1.29, 1.82) is 0 Å². The number of esters is 1. The molecule has 0 aliphatic carbocycles. The fraction of sp³-hybridized carbons (Fsp3) is 0.125. The second kappa shape index (κ2) is 10.7. The highest BCUT2D eigenvalue weighted by Gasteiger charge is 2.17. The van der Waals surface area contributed by atoms with E-state index in [2.05, 4.69) is 10.6 Å². The zero-order chi connectivity index (χ0) is 23.9. The van der Waals surface area contributed by atoms with Gasteiger partial charge in [0.05, 0.1) is 11.3 Å². The van der Waals surface area contributed by atoms with Crippen LogP contribution in [-0.4, -0.2) is 36.9 Å². The van der Waals surface area contributed by atoms with Gasteiger partial charge in [0.15, 0.2) is 18.1 Å². The first-order valence-electron chi connectivity index (χ1n) is 10.1. The van der Waals surface area contributed by atoms with Crippen LogP contribution < -0.4 is 20.1 Å². The van der Waals surface area contributed by atoms with Gasteiger partial charge in [-0.3, -0.25) is 9.59 Å². The van der Waals surface area contributed by atoms with Crippen molar-refractivity contribution in [2.45, 2.75) is 4.90 Å². The van der Waals surface area contributed by atoms with Gasteiger partial charge in [0.1, 0.15) is 5.82 Å². The van der Waals surface area contributed by atoms with E-state index in [1.165, 1.54) is 24.3 Å². The third-order valence-corrected chi connectivity index (χ3v) is 5.66. The predicted molar refractivity (Wildman–Crippen MR) is 124 cm³/mol. The molecule has 34 heavy (non-hydrogen) atoms. The molecule has 8 nitrogen and oxygen atoms in total. The van der Waals surface area contributed by atoms with Gasteiger partial charge in [0.25, 0.3) is 5.91 Å². The number of hydrogen-bond acceptors (Lipinski definition) is 7. The van der Waals surface area contributed by atoms with Crippen LogP contribution >= 0.6 is 11.8 Å². The third kappa shape index (κ3) is 6.04. The number of nitrogens with one attached hydrogen (secondary N) is 2. The Kier molecular flexibility index (Phi) is 7.28. The molecule has 0 unspecified atom stereocenters. The van der Waals surface area contributed by atoms with E-state index in [1.54, 1.807) is 42.5 Å². The Morgan fingerprint density at radius 2 is 1.59 bits per heavy atom. The molecule has 0 saturated carbocycles. The average Bonchev–Trinajstić information content (AvgIpc) is 3.31. The highest BCUT2D eigenvalue weighted by atomic mass is 32.2. The Morgan fingerprint density at radius 3 is 2.41 bits per heavy atom. The van der Waals surface area contributed by atoms with Crippen LogP contribution in [0.1, 0.15) is 10.4 Å². The number of amides is 2. The summed E-state index contributed by atoms with van der Waals surface area (Å²) in [7, 11) is 0. The van der Waals surface area contributed by atoms with Crippen molar-refractivity contribution in [1.82, 2.24) is 0 Å². The number of halogens is 1. The van der Waals surface area contributed by atoms with Gasteiger partial charge in [-0.25, -0.2) is 9.18 Å². The second-order valence-electron chi connectivity index (χ2n) is 7.03. The lowest BCUT2D eigenvalue weighted by Gasteiger charge is -2.10. The molecule has 2 N–H and O–H groups in total. The molecule has 0 fully saturated rings. The number of rotatable bonds is 8. The van der Waals surface area contributed by atoms with E-state index in [0.29, 0.717) is 27.8 Å². The smallest absolute Gasteiger partial charge is 0.339 e. The van der Waals surface area contributed by atoms with E-state index in [4.69, 9.17) is 14.2 Å². The predicted octanol–water partition coefficient (Wildman–Crippen LogP) is 4.08. The zero-order valence-electron chi connectivity index (χ0n) is 17.7. The fourth-order valence-corrected chi connectivity index (χ4v) is 3.86. The molecule has 1 aliphatic rings. The lowest BCUT2D eigenvalue weighted by Crippen LogP contribution is -2.21. The highest BCUT2D eigenvalue weighted by molar-refractivity contribution is 8.00. The molecule has 4 rings (SSSR count). The van der Waals surface area contributed by atoms with Gasteiger partial charge < -0.3 is 24.8 Å². The first-order chi connectivity index (χ1) is 16.5. The summed E-state index contributed by atoms with van der Waals surface area (Å²) in [4.78, 5) is 37.5. The van der Waals surface area contributed by atoms with E-state index in [0.717, 1.165) is 11.8 Å². The minimum absolute atomic E-state index is 0.0201. The van der Waals surface area contributed by atoms with Crippen molar-refractivity contribution in [2.24, 2.45) is 0 Å². The Bertz CT molecular complexity index is 1220. The average molecular weight is 482 g/mol. The van der Waals surface area contributed by atoms with Crippen LogP contribution in [0.3, 0.4) is 0 Å². The molecule has 10 heteroatoms. The number of carbonyl (C=O) groups is 3. The second-order valence-corrected chi connectivity index (χ2v) is 8.05. The summed E-state index contributed by atoms with van der Waals surface area (Å²) >= 11 is 1.14. The molecular weight excluding hydrogens is 463 g/mol. The summed E-state index contributed by atoms with van der Waals surface area (Å²) in [5.41, 5.74) is 1.18. The summed E-state index contributed by atoms with van der Waals surface area (Å²) in [6.07, 6.45) is 0. The molecule has 0 aromatic heterocycles. The van der Waals surface area contributed by atoms with Gasteiger partial charge in [0.2, 0.25) is 12.7 Å². The van der Waals surface area contributed by atoms with Crippen molar-refractivity contribution in [3.05, 3.63) is 78.1 Å². The van der Waals surface area contributed by atoms with Gasteiger partial charge >= 0.3 is 5.97 Å². The number of ether oxygens (including phenoxy) is 3. The highest BCUT2D eigenvalue weighted by Crippen LogP contribution is 2.34. The third-order valence-electron chi connectivity index (χ3n) is 4.58. The SMILES string of the molecule is O=C(COC(=O)c1ccccc1SCC(=O)Nc1ccc(F)cc1)Nc1ccc2c(c1)OCO2. The zero-order valence-corrected chi connectivity index (χ0v) is 18.5. The van der Waals surface area contributed by atoms with Crippen LogP contribution in [0.2, 0.25) is 0 Å². The van der Waals surface area contributed by atoms with Gasteiger partial charge in [-0.1, -0.05) is 12.1 Å². The first kappa shape index (κ1) is 23.1. The van der Waals surface area contributed by atoms with Gasteiger partial charge in [-0.05, 0) is 48.5 Å². The topological polar surface area (TPSA) is 103 Å². The van der Waals surface area contributed by atoms with Crippen LogP contribution in [0.5, 0.6) is 11.5 Å². The lowest BCUT2D eigenvalue weighted by atomic mass is 10.2. The summed E-state index contributed by atoms with van der Waals surface area (Å²) in [6, 6.07) is 17.0. The number of anilines is 2. The maximum Gasteiger partial charge on any atom is 0.339 e. The fourth-order valence-electron chi connectivity index (χ4n) is 3.01. The van der Waals surface area contributed by atoms with E-state index in [-0.39, 0.29) is 24.0 Å². The van der Waals surface area contributed by atoms with Crippen molar-refractivity contribution in [3.63, 3.8) is 0 Å². The monoisotopic (exact) mass is 482 g/mol. The van der Waals surface area contributed by atoms with E-state index in [9.17, 15) is 18.8 Å². The minimum Gasteiger partial charge on any atom is -0.454 e. The molecule has 2 amide bonds. The standard InChI is InChI=1S/C24H19FN2O6S/c25-15-5-7-16(8-6-15)26-23(29)13-34-21-4-2-1-3-18(21)24(30)31-12-22(28)27-17-9-10-19-20(11-17)33-14-32-19/h1-11H,12-14H2,(H,26,29)(H,27,28). The molecule has 0 atom stereocenters. The molecule has 3 aromatic rings. The first-order valence-corrected chi connectivity index (χ1v) is 11.1. The van der Waals surface area contributed by atoms with Crippen LogP contribution in [0.25, 0.3) is 0 Å². The largest absolute Gasteiger partial charge is 0.454 e.